The molecular formula is C42H44BN6-. The third-order valence-corrected chi connectivity index (χ3v) is 9.84. The van der Waals surface area contributed by atoms with Gasteiger partial charge in [0.25, 0.3) is 0 Å². The average molecular weight is 644 g/mol. The molecule has 0 aliphatic carbocycles. The Labute approximate surface area is 293 Å². The highest BCUT2D eigenvalue weighted by Gasteiger charge is 2.48. The fourth-order valence-corrected chi connectivity index (χ4v) is 8.22. The van der Waals surface area contributed by atoms with Gasteiger partial charge in [0.1, 0.15) is 0 Å². The Kier molecular flexibility index (Phi) is 8.26. The summed E-state index contributed by atoms with van der Waals surface area (Å²) in [5.41, 5.74) is 15.5. The van der Waals surface area contributed by atoms with Gasteiger partial charge in [0, 0.05) is 35.7 Å². The Morgan fingerprint density at radius 3 is 0.959 bits per heavy atom. The van der Waals surface area contributed by atoms with Crippen LogP contribution in [-0.2, 0) is 0 Å². The molecule has 0 fully saturated rings. The van der Waals surface area contributed by atoms with E-state index in [1.807, 2.05) is 0 Å². The fourth-order valence-electron chi connectivity index (χ4n) is 8.22. The quantitative estimate of drug-likeness (QED) is 0.187. The summed E-state index contributed by atoms with van der Waals surface area (Å²) in [6.07, 6.45) is 12.7. The standard InChI is InChI=1S/C42H44BN6/c1-30-21-33(4)40(34(5)22-30)44-15-18-47(27-44)43(39-13-11-10-12-14-39,48-19-16-45(28-48)41-35(6)23-31(2)24-36(41)7)49-20-17-46(29-49)42-37(8)25-32(3)26-38(42)9/h10-26H,1-9H3/q-1. The molecule has 0 spiro atoms. The average Bonchev–Trinajstić information content (AvgIpc) is 3.80. The zero-order valence-electron chi connectivity index (χ0n) is 30.1. The van der Waals surface area contributed by atoms with Crippen LogP contribution in [0.5, 0.6) is 0 Å². The number of aryl methyl sites for hydroxylation is 9. The third-order valence-electron chi connectivity index (χ3n) is 9.84. The minimum absolute atomic E-state index is 1.09. The first-order valence-electron chi connectivity index (χ1n) is 17.0. The SMILES string of the molecule is Cc1cc(C)c(N2[C]N([B-](c3ccccc3)(N3[C]N(c4c(C)cc(C)cc4C)C=C3)N3[C]N(c4c(C)cc(C)cc4C)C=C3)C=C2)c(C)c1. The van der Waals surface area contributed by atoms with Crippen molar-refractivity contribution in [2.24, 2.45) is 0 Å². The Morgan fingerprint density at radius 1 is 0.388 bits per heavy atom. The zero-order valence-corrected chi connectivity index (χ0v) is 30.1. The van der Waals surface area contributed by atoms with Crippen LogP contribution >= 0.6 is 0 Å². The number of anilines is 3. The van der Waals surface area contributed by atoms with Crippen LogP contribution in [0.4, 0.5) is 17.1 Å². The highest BCUT2D eigenvalue weighted by Crippen LogP contribution is 2.41. The van der Waals surface area contributed by atoms with Crippen LogP contribution in [0.3, 0.4) is 0 Å². The van der Waals surface area contributed by atoms with E-state index >= 15 is 0 Å². The molecule has 0 saturated heterocycles. The molecule has 3 heterocycles. The van der Waals surface area contributed by atoms with Gasteiger partial charge in [-0.3, -0.25) is 0 Å². The summed E-state index contributed by atoms with van der Waals surface area (Å²) < 4.78 is 0. The van der Waals surface area contributed by atoms with Crippen molar-refractivity contribution < 1.29 is 0 Å². The predicted octanol–water partition coefficient (Wildman–Crippen LogP) is 8.48. The molecule has 4 aromatic rings. The molecule has 6 radical (unpaired) electrons. The molecule has 246 valence electrons. The van der Waals surface area contributed by atoms with Crippen LogP contribution in [0.1, 0.15) is 50.1 Å². The lowest BCUT2D eigenvalue weighted by molar-refractivity contribution is 0.468. The molecule has 0 N–H and O–H groups in total. The smallest absolute Gasteiger partial charge is 0.315 e. The molecule has 6 nitrogen and oxygen atoms in total. The molecule has 7 heteroatoms. The van der Waals surface area contributed by atoms with Crippen LogP contribution < -0.4 is 20.2 Å². The summed E-state index contributed by atoms with van der Waals surface area (Å²) in [6, 6.07) is 24.1. The van der Waals surface area contributed by atoms with Crippen molar-refractivity contribution in [3.05, 3.63) is 174 Å². The van der Waals surface area contributed by atoms with E-state index in [-0.39, 0.29) is 0 Å². The van der Waals surface area contributed by atoms with E-state index in [0.717, 1.165) is 22.5 Å². The topological polar surface area (TPSA) is 19.4 Å². The number of rotatable bonds is 7. The molecule has 7 rings (SSSR count). The van der Waals surface area contributed by atoms with Gasteiger partial charge >= 0.3 is 6.55 Å². The van der Waals surface area contributed by atoms with E-state index in [1.54, 1.807) is 0 Å². The summed E-state index contributed by atoms with van der Waals surface area (Å²) in [7, 11) is 0. The number of hydrogen-bond acceptors (Lipinski definition) is 6. The maximum atomic E-state index is 3.79. The fraction of sp³-hybridized carbons (Fsp3) is 0.214. The highest BCUT2D eigenvalue weighted by atomic mass is 15.5. The van der Waals surface area contributed by atoms with Gasteiger partial charge in [-0.15, -0.1) is 5.46 Å². The Bertz CT molecular complexity index is 1730. The van der Waals surface area contributed by atoms with Crippen molar-refractivity contribution in [1.82, 2.24) is 14.4 Å². The highest BCUT2D eigenvalue weighted by molar-refractivity contribution is 6.86. The molecule has 3 aliphatic rings. The van der Waals surface area contributed by atoms with Crippen molar-refractivity contribution in [2.75, 3.05) is 14.7 Å². The number of benzene rings is 4. The minimum atomic E-state index is -2.02. The monoisotopic (exact) mass is 643 g/mol. The lowest BCUT2D eigenvalue weighted by Crippen LogP contribution is -2.76. The van der Waals surface area contributed by atoms with E-state index < -0.39 is 6.55 Å². The van der Waals surface area contributed by atoms with E-state index in [0.29, 0.717) is 0 Å². The van der Waals surface area contributed by atoms with Gasteiger partial charge in [0.05, 0.1) is 0 Å². The number of nitrogens with zero attached hydrogens (tertiary/aromatic N) is 6. The van der Waals surface area contributed by atoms with Crippen molar-refractivity contribution >= 4 is 29.1 Å². The molecule has 0 amide bonds. The number of hydrogen-bond donors (Lipinski definition) is 0. The van der Waals surface area contributed by atoms with Crippen molar-refractivity contribution in [3.63, 3.8) is 0 Å². The third kappa shape index (κ3) is 5.55. The van der Waals surface area contributed by atoms with Crippen LogP contribution in [-0.4, -0.2) is 21.0 Å². The lowest BCUT2D eigenvalue weighted by atomic mass is 9.48. The van der Waals surface area contributed by atoms with E-state index in [1.165, 1.54) is 50.1 Å². The maximum absolute atomic E-state index is 3.79. The molecule has 4 aromatic carbocycles. The van der Waals surface area contributed by atoms with Crippen LogP contribution in [0, 0.1) is 82.3 Å². The normalized spacial score (nSPS) is 15.9. The predicted molar refractivity (Wildman–Crippen MR) is 204 cm³/mol. The molecule has 49 heavy (non-hydrogen) atoms. The molecule has 0 atom stereocenters. The summed E-state index contributed by atoms with van der Waals surface area (Å²) in [5.74, 6) is 0. The Balaban J connectivity index is 1.35. The summed E-state index contributed by atoms with van der Waals surface area (Å²) in [5, 5.41) is 0. The first kappa shape index (κ1) is 32.5. The first-order chi connectivity index (χ1) is 23.5. The van der Waals surface area contributed by atoms with Crippen molar-refractivity contribution in [3.8, 4) is 0 Å². The summed E-state index contributed by atoms with van der Waals surface area (Å²) in [6.45, 7) is 28.8. The second-order valence-electron chi connectivity index (χ2n) is 13.9. The van der Waals surface area contributed by atoms with Crippen LogP contribution in [0.2, 0.25) is 0 Å². The molecule has 0 saturated carbocycles. The van der Waals surface area contributed by atoms with Gasteiger partial charge in [0.2, 0.25) is 0 Å². The molecule has 0 aromatic heterocycles. The molecule has 3 aliphatic heterocycles. The van der Waals surface area contributed by atoms with Crippen molar-refractivity contribution in [1.29, 1.82) is 0 Å². The zero-order chi connectivity index (χ0) is 34.6. The Hall–Kier alpha value is -5.04. The minimum Gasteiger partial charge on any atom is -0.481 e. The van der Waals surface area contributed by atoms with Gasteiger partial charge in [-0.25, -0.2) is 0 Å². The van der Waals surface area contributed by atoms with Crippen LogP contribution in [0.25, 0.3) is 0 Å². The van der Waals surface area contributed by atoms with E-state index in [4.69, 9.17) is 0 Å². The van der Waals surface area contributed by atoms with Gasteiger partial charge in [-0.05, 0) is 114 Å². The van der Waals surface area contributed by atoms with E-state index in [2.05, 4.69) is 215 Å². The first-order valence-corrected chi connectivity index (χ1v) is 17.0. The lowest BCUT2D eigenvalue weighted by Gasteiger charge is -2.59. The van der Waals surface area contributed by atoms with Crippen molar-refractivity contribution in [2.45, 2.75) is 62.3 Å². The summed E-state index contributed by atoms with van der Waals surface area (Å²) in [4.78, 5) is 13.0. The molecule has 0 bridgehead atoms. The largest absolute Gasteiger partial charge is 0.481 e. The second-order valence-corrected chi connectivity index (χ2v) is 13.9. The molecular weight excluding hydrogens is 599 g/mol. The van der Waals surface area contributed by atoms with Crippen LogP contribution in [0.15, 0.2) is 104 Å². The Morgan fingerprint density at radius 2 is 0.673 bits per heavy atom. The second kappa shape index (κ2) is 12.4. The van der Waals surface area contributed by atoms with Gasteiger partial charge < -0.3 is 29.1 Å². The summed E-state index contributed by atoms with van der Waals surface area (Å²) >= 11 is 0. The van der Waals surface area contributed by atoms with E-state index in [9.17, 15) is 0 Å². The maximum Gasteiger partial charge on any atom is 0.315 e. The molecule has 0 unspecified atom stereocenters. The van der Waals surface area contributed by atoms with Gasteiger partial charge in [-0.1, -0.05) is 83.4 Å². The van der Waals surface area contributed by atoms with Gasteiger partial charge in [-0.2, -0.15) is 0 Å². The van der Waals surface area contributed by atoms with Gasteiger partial charge in [0.15, 0.2) is 20.0 Å².